The molecule has 0 aliphatic carbocycles. The van der Waals surface area contributed by atoms with Crippen LogP contribution in [0.2, 0.25) is 0 Å². The SMILES string of the molecule is CCOC(CN)CN1CCC(N2CCCC2)C1. The molecular weight excluding hydrogens is 214 g/mol. The predicted molar refractivity (Wildman–Crippen MR) is 70.1 cm³/mol. The standard InChI is InChI=1S/C13H27N3O/c1-2-17-13(9-14)11-15-8-5-12(10-15)16-6-3-4-7-16/h12-13H,2-11,14H2,1H3. The van der Waals surface area contributed by atoms with Crippen LogP contribution < -0.4 is 5.73 Å². The minimum absolute atomic E-state index is 0.220. The number of hydrogen-bond acceptors (Lipinski definition) is 4. The second-order valence-corrected chi connectivity index (χ2v) is 5.26. The Hall–Kier alpha value is -0.160. The van der Waals surface area contributed by atoms with Gasteiger partial charge < -0.3 is 10.5 Å². The molecule has 2 aliphatic heterocycles. The molecule has 0 aromatic rings. The molecule has 100 valence electrons. The quantitative estimate of drug-likeness (QED) is 0.736. The Bertz CT molecular complexity index is 219. The van der Waals surface area contributed by atoms with Gasteiger partial charge in [-0.25, -0.2) is 0 Å². The van der Waals surface area contributed by atoms with Crippen molar-refractivity contribution >= 4 is 0 Å². The molecule has 0 bridgehead atoms. The monoisotopic (exact) mass is 241 g/mol. The maximum atomic E-state index is 5.73. The van der Waals surface area contributed by atoms with Crippen LogP contribution in [-0.2, 0) is 4.74 Å². The summed E-state index contributed by atoms with van der Waals surface area (Å²) in [5.41, 5.74) is 5.73. The zero-order valence-electron chi connectivity index (χ0n) is 11.1. The van der Waals surface area contributed by atoms with E-state index in [9.17, 15) is 0 Å². The lowest BCUT2D eigenvalue weighted by Gasteiger charge is -2.25. The summed E-state index contributed by atoms with van der Waals surface area (Å²) in [5, 5.41) is 0. The molecule has 0 amide bonds. The van der Waals surface area contributed by atoms with Gasteiger partial charge in [0.05, 0.1) is 6.10 Å². The highest BCUT2D eigenvalue weighted by atomic mass is 16.5. The Kier molecular flexibility index (Phi) is 5.22. The fraction of sp³-hybridized carbons (Fsp3) is 1.00. The molecule has 2 aliphatic rings. The molecule has 4 heteroatoms. The molecule has 2 unspecified atom stereocenters. The molecule has 4 nitrogen and oxygen atoms in total. The van der Waals surface area contributed by atoms with Crippen molar-refractivity contribution < 1.29 is 4.74 Å². The fourth-order valence-electron chi connectivity index (χ4n) is 3.10. The van der Waals surface area contributed by atoms with Crippen molar-refractivity contribution in [1.29, 1.82) is 0 Å². The maximum Gasteiger partial charge on any atom is 0.0823 e. The first-order valence-corrected chi connectivity index (χ1v) is 7.11. The molecule has 0 radical (unpaired) electrons. The third-order valence-corrected chi connectivity index (χ3v) is 4.03. The number of likely N-dealkylation sites (tertiary alicyclic amines) is 2. The van der Waals surface area contributed by atoms with Crippen LogP contribution in [-0.4, -0.2) is 67.8 Å². The van der Waals surface area contributed by atoms with Crippen LogP contribution in [0.5, 0.6) is 0 Å². The van der Waals surface area contributed by atoms with Crippen molar-refractivity contribution in [2.75, 3.05) is 45.9 Å². The van der Waals surface area contributed by atoms with Crippen LogP contribution in [0.4, 0.5) is 0 Å². The molecule has 2 N–H and O–H groups in total. The zero-order valence-corrected chi connectivity index (χ0v) is 11.1. The second-order valence-electron chi connectivity index (χ2n) is 5.26. The van der Waals surface area contributed by atoms with Gasteiger partial charge in [-0.2, -0.15) is 0 Å². The summed E-state index contributed by atoms with van der Waals surface area (Å²) in [6.07, 6.45) is 4.32. The molecule has 0 aromatic carbocycles. The third kappa shape index (κ3) is 3.65. The summed E-state index contributed by atoms with van der Waals surface area (Å²) in [6, 6.07) is 0.789. The van der Waals surface area contributed by atoms with Crippen molar-refractivity contribution in [2.45, 2.75) is 38.3 Å². The second kappa shape index (κ2) is 6.69. The summed E-state index contributed by atoms with van der Waals surface area (Å²) in [4.78, 5) is 5.19. The summed E-state index contributed by atoms with van der Waals surface area (Å²) < 4.78 is 5.63. The van der Waals surface area contributed by atoms with Crippen molar-refractivity contribution in [1.82, 2.24) is 9.80 Å². The molecule has 2 fully saturated rings. The minimum Gasteiger partial charge on any atom is -0.376 e. The van der Waals surface area contributed by atoms with E-state index in [1.807, 2.05) is 6.92 Å². The van der Waals surface area contributed by atoms with E-state index in [4.69, 9.17) is 10.5 Å². The Morgan fingerprint density at radius 2 is 2.06 bits per heavy atom. The lowest BCUT2D eigenvalue weighted by Crippen LogP contribution is -2.40. The molecule has 0 aromatic heterocycles. The fourth-order valence-corrected chi connectivity index (χ4v) is 3.10. The van der Waals surface area contributed by atoms with Crippen LogP contribution in [0.1, 0.15) is 26.2 Å². The Labute approximate surface area is 105 Å². The van der Waals surface area contributed by atoms with Gasteiger partial charge in [-0.3, -0.25) is 9.80 Å². The number of nitrogens with zero attached hydrogens (tertiary/aromatic N) is 2. The average Bonchev–Trinajstić information content (AvgIpc) is 2.98. The number of rotatable bonds is 6. The molecule has 0 spiro atoms. The lowest BCUT2D eigenvalue weighted by molar-refractivity contribution is 0.0432. The van der Waals surface area contributed by atoms with Crippen molar-refractivity contribution in [3.8, 4) is 0 Å². The molecule has 0 saturated carbocycles. The Morgan fingerprint density at radius 3 is 2.71 bits per heavy atom. The van der Waals surface area contributed by atoms with Gasteiger partial charge in [0.25, 0.3) is 0 Å². The highest BCUT2D eigenvalue weighted by molar-refractivity contribution is 4.86. The van der Waals surface area contributed by atoms with Gasteiger partial charge in [-0.1, -0.05) is 0 Å². The van der Waals surface area contributed by atoms with E-state index in [1.54, 1.807) is 0 Å². The lowest BCUT2D eigenvalue weighted by atomic mass is 10.2. The molecule has 2 heterocycles. The zero-order chi connectivity index (χ0) is 12.1. The summed E-state index contributed by atoms with van der Waals surface area (Å²) >= 11 is 0. The Morgan fingerprint density at radius 1 is 1.29 bits per heavy atom. The van der Waals surface area contributed by atoms with Crippen LogP contribution in [0.15, 0.2) is 0 Å². The molecule has 2 rings (SSSR count). The van der Waals surface area contributed by atoms with Crippen LogP contribution >= 0.6 is 0 Å². The number of ether oxygens (including phenoxy) is 1. The maximum absolute atomic E-state index is 5.73. The van der Waals surface area contributed by atoms with Gasteiger partial charge in [0, 0.05) is 32.3 Å². The van der Waals surface area contributed by atoms with Gasteiger partial charge in [-0.15, -0.1) is 0 Å². The van der Waals surface area contributed by atoms with Gasteiger partial charge in [0.15, 0.2) is 0 Å². The van der Waals surface area contributed by atoms with Gasteiger partial charge >= 0.3 is 0 Å². The van der Waals surface area contributed by atoms with E-state index in [0.717, 1.165) is 19.2 Å². The smallest absolute Gasteiger partial charge is 0.0823 e. The predicted octanol–water partition coefficient (Wildman–Crippen LogP) is 0.520. The Balaban J connectivity index is 1.73. The summed E-state index contributed by atoms with van der Waals surface area (Å²) in [6.45, 7) is 9.50. The van der Waals surface area contributed by atoms with Crippen LogP contribution in [0.3, 0.4) is 0 Å². The van der Waals surface area contributed by atoms with Crippen molar-refractivity contribution in [2.24, 2.45) is 5.73 Å². The van der Waals surface area contributed by atoms with E-state index in [-0.39, 0.29) is 6.10 Å². The van der Waals surface area contributed by atoms with E-state index < -0.39 is 0 Å². The van der Waals surface area contributed by atoms with E-state index in [1.165, 1.54) is 45.4 Å². The highest BCUT2D eigenvalue weighted by Crippen LogP contribution is 2.20. The number of hydrogen-bond donors (Lipinski definition) is 1. The molecule has 2 atom stereocenters. The van der Waals surface area contributed by atoms with Gasteiger partial charge in [-0.05, 0) is 45.8 Å². The first-order valence-electron chi connectivity index (χ1n) is 7.11. The first kappa shape index (κ1) is 13.3. The first-order chi connectivity index (χ1) is 8.33. The van der Waals surface area contributed by atoms with Crippen molar-refractivity contribution in [3.63, 3.8) is 0 Å². The van der Waals surface area contributed by atoms with E-state index in [2.05, 4.69) is 9.80 Å². The molecule has 2 saturated heterocycles. The minimum atomic E-state index is 0.220. The average molecular weight is 241 g/mol. The van der Waals surface area contributed by atoms with Gasteiger partial charge in [0.2, 0.25) is 0 Å². The normalized spacial score (nSPS) is 28.9. The van der Waals surface area contributed by atoms with E-state index >= 15 is 0 Å². The van der Waals surface area contributed by atoms with Crippen molar-refractivity contribution in [3.05, 3.63) is 0 Å². The van der Waals surface area contributed by atoms with Crippen LogP contribution in [0.25, 0.3) is 0 Å². The van der Waals surface area contributed by atoms with Gasteiger partial charge in [0.1, 0.15) is 0 Å². The topological polar surface area (TPSA) is 41.7 Å². The van der Waals surface area contributed by atoms with E-state index in [0.29, 0.717) is 6.54 Å². The molecular formula is C13H27N3O. The molecule has 17 heavy (non-hydrogen) atoms. The largest absolute Gasteiger partial charge is 0.376 e. The summed E-state index contributed by atoms with van der Waals surface area (Å²) in [7, 11) is 0. The summed E-state index contributed by atoms with van der Waals surface area (Å²) in [5.74, 6) is 0. The third-order valence-electron chi connectivity index (χ3n) is 4.03. The number of nitrogens with two attached hydrogens (primary N) is 1. The highest BCUT2D eigenvalue weighted by Gasteiger charge is 2.29. The van der Waals surface area contributed by atoms with Crippen LogP contribution in [0, 0.1) is 0 Å².